The second-order valence-electron chi connectivity index (χ2n) is 2.54. The monoisotopic (exact) mass is 170 g/mol. The van der Waals surface area contributed by atoms with Gasteiger partial charge < -0.3 is 5.01 Å². The van der Waals surface area contributed by atoms with Gasteiger partial charge in [-0.15, -0.1) is 0 Å². The van der Waals surface area contributed by atoms with Crippen LogP contribution in [0.1, 0.15) is 5.56 Å². The standard InChI is InChI=1S/C8H11ClN2/c1-6-3-4-7(9)5-8(6)11(2)10/h3-5H,10H2,1-2H3. The maximum atomic E-state index is 5.78. The quantitative estimate of drug-likeness (QED) is 0.516. The van der Waals surface area contributed by atoms with Gasteiger partial charge in [0.05, 0.1) is 5.69 Å². The van der Waals surface area contributed by atoms with Gasteiger partial charge in [0.1, 0.15) is 0 Å². The Labute approximate surface area is 71.5 Å². The van der Waals surface area contributed by atoms with Crippen LogP contribution in [0.15, 0.2) is 18.2 Å². The molecule has 0 aliphatic rings. The van der Waals surface area contributed by atoms with Gasteiger partial charge in [-0.2, -0.15) is 0 Å². The summed E-state index contributed by atoms with van der Waals surface area (Å²) in [5.74, 6) is 5.56. The molecule has 0 aromatic heterocycles. The zero-order chi connectivity index (χ0) is 8.43. The second-order valence-corrected chi connectivity index (χ2v) is 2.98. The Morgan fingerprint density at radius 2 is 2.09 bits per heavy atom. The van der Waals surface area contributed by atoms with Gasteiger partial charge in [-0.05, 0) is 24.6 Å². The van der Waals surface area contributed by atoms with Gasteiger partial charge in [-0.3, -0.25) is 0 Å². The van der Waals surface area contributed by atoms with Crippen LogP contribution in [0.4, 0.5) is 5.69 Å². The van der Waals surface area contributed by atoms with Crippen LogP contribution in [-0.4, -0.2) is 7.05 Å². The molecule has 0 spiro atoms. The molecule has 0 heterocycles. The predicted molar refractivity (Wildman–Crippen MR) is 48.8 cm³/mol. The highest BCUT2D eigenvalue weighted by Crippen LogP contribution is 2.21. The molecule has 1 rings (SSSR count). The van der Waals surface area contributed by atoms with Gasteiger partial charge in [-0.1, -0.05) is 17.7 Å². The van der Waals surface area contributed by atoms with Gasteiger partial charge in [0.25, 0.3) is 0 Å². The summed E-state index contributed by atoms with van der Waals surface area (Å²) in [4.78, 5) is 0. The maximum absolute atomic E-state index is 5.78. The first-order valence-corrected chi connectivity index (χ1v) is 3.73. The molecule has 2 nitrogen and oxygen atoms in total. The molecule has 0 saturated carbocycles. The summed E-state index contributed by atoms with van der Waals surface area (Å²) in [6.45, 7) is 2.00. The fourth-order valence-electron chi connectivity index (χ4n) is 0.963. The molecule has 0 fully saturated rings. The van der Waals surface area contributed by atoms with E-state index in [1.807, 2.05) is 25.1 Å². The topological polar surface area (TPSA) is 29.3 Å². The highest BCUT2D eigenvalue weighted by Gasteiger charge is 2.00. The third kappa shape index (κ3) is 1.85. The van der Waals surface area contributed by atoms with E-state index in [1.165, 1.54) is 0 Å². The summed E-state index contributed by atoms with van der Waals surface area (Å²) < 4.78 is 0. The number of hydrogen-bond donors (Lipinski definition) is 1. The molecule has 0 bridgehead atoms. The van der Waals surface area contributed by atoms with Crippen molar-refractivity contribution in [3.63, 3.8) is 0 Å². The Kier molecular flexibility index (Phi) is 2.37. The maximum Gasteiger partial charge on any atom is 0.0557 e. The molecule has 0 amide bonds. The summed E-state index contributed by atoms with van der Waals surface area (Å²) in [6, 6.07) is 5.64. The van der Waals surface area contributed by atoms with Crippen molar-refractivity contribution in [2.45, 2.75) is 6.92 Å². The Morgan fingerprint density at radius 3 is 2.55 bits per heavy atom. The SMILES string of the molecule is Cc1ccc(Cl)cc1N(C)N. The van der Waals surface area contributed by atoms with E-state index < -0.39 is 0 Å². The first-order valence-electron chi connectivity index (χ1n) is 3.36. The summed E-state index contributed by atoms with van der Waals surface area (Å²) in [6.07, 6.45) is 0. The van der Waals surface area contributed by atoms with Crippen molar-refractivity contribution < 1.29 is 0 Å². The van der Waals surface area contributed by atoms with Crippen molar-refractivity contribution in [1.82, 2.24) is 0 Å². The fraction of sp³-hybridized carbons (Fsp3) is 0.250. The predicted octanol–water partition coefficient (Wildman–Crippen LogP) is 1.96. The zero-order valence-electron chi connectivity index (χ0n) is 6.63. The van der Waals surface area contributed by atoms with E-state index in [2.05, 4.69) is 0 Å². The lowest BCUT2D eigenvalue weighted by Gasteiger charge is -2.14. The Hall–Kier alpha value is -0.730. The Bertz CT molecular complexity index is 258. The van der Waals surface area contributed by atoms with Gasteiger partial charge >= 0.3 is 0 Å². The molecule has 1 aromatic carbocycles. The molecule has 11 heavy (non-hydrogen) atoms. The highest BCUT2D eigenvalue weighted by atomic mass is 35.5. The zero-order valence-corrected chi connectivity index (χ0v) is 7.39. The van der Waals surface area contributed by atoms with Crippen molar-refractivity contribution in [3.8, 4) is 0 Å². The van der Waals surface area contributed by atoms with Crippen molar-refractivity contribution >= 4 is 17.3 Å². The Balaban J connectivity index is 3.13. The smallest absolute Gasteiger partial charge is 0.0557 e. The van der Waals surface area contributed by atoms with Crippen LogP contribution in [0.2, 0.25) is 5.02 Å². The average molecular weight is 171 g/mol. The molecule has 60 valence electrons. The first-order chi connectivity index (χ1) is 5.11. The van der Waals surface area contributed by atoms with Gasteiger partial charge in [0, 0.05) is 12.1 Å². The number of aryl methyl sites for hydroxylation is 1. The Morgan fingerprint density at radius 1 is 1.45 bits per heavy atom. The highest BCUT2D eigenvalue weighted by molar-refractivity contribution is 6.30. The van der Waals surface area contributed by atoms with Crippen LogP contribution in [0.25, 0.3) is 0 Å². The summed E-state index contributed by atoms with van der Waals surface area (Å²) in [5.41, 5.74) is 2.08. The van der Waals surface area contributed by atoms with Crippen molar-refractivity contribution in [2.75, 3.05) is 12.1 Å². The van der Waals surface area contributed by atoms with Gasteiger partial charge in [0.15, 0.2) is 0 Å². The average Bonchev–Trinajstić information content (AvgIpc) is 1.94. The molecule has 0 aliphatic carbocycles. The van der Waals surface area contributed by atoms with E-state index in [-0.39, 0.29) is 0 Å². The molecule has 0 atom stereocenters. The van der Waals surface area contributed by atoms with E-state index in [1.54, 1.807) is 12.1 Å². The minimum Gasteiger partial charge on any atom is -0.314 e. The number of benzene rings is 1. The van der Waals surface area contributed by atoms with Crippen LogP contribution >= 0.6 is 11.6 Å². The first kappa shape index (κ1) is 8.37. The lowest BCUT2D eigenvalue weighted by Crippen LogP contribution is -2.25. The number of hydrogen-bond acceptors (Lipinski definition) is 2. The molecular weight excluding hydrogens is 160 g/mol. The molecule has 0 saturated heterocycles. The van der Waals surface area contributed by atoms with Gasteiger partial charge in [-0.25, -0.2) is 5.84 Å². The fourth-order valence-corrected chi connectivity index (χ4v) is 1.13. The third-order valence-electron chi connectivity index (χ3n) is 1.55. The molecule has 0 unspecified atom stereocenters. The molecule has 3 heteroatoms. The second kappa shape index (κ2) is 3.11. The number of nitrogens with zero attached hydrogens (tertiary/aromatic N) is 1. The number of anilines is 1. The third-order valence-corrected chi connectivity index (χ3v) is 1.79. The van der Waals surface area contributed by atoms with Crippen LogP contribution in [0.5, 0.6) is 0 Å². The normalized spacial score (nSPS) is 9.82. The van der Waals surface area contributed by atoms with Crippen LogP contribution in [0.3, 0.4) is 0 Å². The minimum atomic E-state index is 0.711. The summed E-state index contributed by atoms with van der Waals surface area (Å²) in [5, 5.41) is 2.27. The van der Waals surface area contributed by atoms with Crippen molar-refractivity contribution in [2.24, 2.45) is 5.84 Å². The minimum absolute atomic E-state index is 0.711. The van der Waals surface area contributed by atoms with E-state index in [0.717, 1.165) is 11.3 Å². The van der Waals surface area contributed by atoms with E-state index in [4.69, 9.17) is 17.4 Å². The van der Waals surface area contributed by atoms with Crippen molar-refractivity contribution in [3.05, 3.63) is 28.8 Å². The molecule has 1 aromatic rings. The van der Waals surface area contributed by atoms with E-state index in [9.17, 15) is 0 Å². The number of nitrogens with two attached hydrogens (primary N) is 1. The summed E-state index contributed by atoms with van der Waals surface area (Å²) in [7, 11) is 1.79. The number of hydrazine groups is 1. The lowest BCUT2D eigenvalue weighted by atomic mass is 10.2. The molecule has 0 aliphatic heterocycles. The lowest BCUT2D eigenvalue weighted by molar-refractivity contribution is 1.01. The summed E-state index contributed by atoms with van der Waals surface area (Å²) >= 11 is 5.78. The van der Waals surface area contributed by atoms with Gasteiger partial charge in [0.2, 0.25) is 0 Å². The van der Waals surface area contributed by atoms with Crippen LogP contribution < -0.4 is 10.9 Å². The van der Waals surface area contributed by atoms with Crippen molar-refractivity contribution in [1.29, 1.82) is 0 Å². The molecular formula is C8H11ClN2. The van der Waals surface area contributed by atoms with E-state index in [0.29, 0.717) is 5.02 Å². The van der Waals surface area contributed by atoms with Crippen LogP contribution in [0, 0.1) is 6.92 Å². The number of rotatable bonds is 1. The molecule has 2 N–H and O–H groups in total. The largest absolute Gasteiger partial charge is 0.314 e. The van der Waals surface area contributed by atoms with Crippen LogP contribution in [-0.2, 0) is 0 Å². The van der Waals surface area contributed by atoms with E-state index >= 15 is 0 Å². The molecule has 0 radical (unpaired) electrons. The number of halogens is 1.